The minimum atomic E-state index is -0.945. The van der Waals surface area contributed by atoms with Crippen LogP contribution in [0.5, 0.6) is 0 Å². The van der Waals surface area contributed by atoms with Crippen molar-refractivity contribution in [2.75, 3.05) is 0 Å². The van der Waals surface area contributed by atoms with Gasteiger partial charge in [-0.3, -0.25) is 14.9 Å². The van der Waals surface area contributed by atoms with Crippen LogP contribution in [0.25, 0.3) is 0 Å². The van der Waals surface area contributed by atoms with Gasteiger partial charge in [0.05, 0.1) is 5.56 Å². The lowest BCUT2D eigenvalue weighted by molar-refractivity contribution is -0.514. The Morgan fingerprint density at radius 1 is 1.07 bits per heavy atom. The van der Waals surface area contributed by atoms with Crippen LogP contribution in [0.4, 0.5) is 0 Å². The number of primary amides is 1. The summed E-state index contributed by atoms with van der Waals surface area (Å²) in [5.41, 5.74) is 6.78. The average Bonchev–Trinajstić information content (AvgIpc) is 2.77. The van der Waals surface area contributed by atoms with E-state index in [9.17, 15) is 19.7 Å². The molecule has 2 unspecified atom stereocenters. The topological polar surface area (TPSA) is 125 Å². The molecule has 0 aromatic heterocycles. The van der Waals surface area contributed by atoms with Crippen LogP contribution in [0.2, 0.25) is 0 Å². The molecule has 1 aliphatic carbocycles. The standard InChI is InChI=1S/C22H21N3O5/c23-21(26)19(24-30-22(27)16-9-5-2-6-10-16)14-18-13-17(11-12-20(18)25(28)29)15-7-3-1-4-8-15/h1-10,14,17,20H,11-13H2,(H2,23,26). The van der Waals surface area contributed by atoms with Gasteiger partial charge in [0.1, 0.15) is 0 Å². The number of rotatable bonds is 6. The fourth-order valence-corrected chi connectivity index (χ4v) is 3.51. The maximum absolute atomic E-state index is 12.1. The minimum absolute atomic E-state index is 0.0784. The third kappa shape index (κ3) is 5.16. The molecule has 2 aromatic carbocycles. The Morgan fingerprint density at radius 2 is 1.70 bits per heavy atom. The number of benzene rings is 2. The van der Waals surface area contributed by atoms with E-state index in [4.69, 9.17) is 10.6 Å². The van der Waals surface area contributed by atoms with Gasteiger partial charge in [-0.1, -0.05) is 53.7 Å². The summed E-state index contributed by atoms with van der Waals surface area (Å²) in [6.45, 7) is 0. The molecule has 1 aliphatic rings. The minimum Gasteiger partial charge on any atom is -0.364 e. The van der Waals surface area contributed by atoms with Crippen molar-refractivity contribution >= 4 is 17.6 Å². The van der Waals surface area contributed by atoms with Crippen LogP contribution >= 0.6 is 0 Å². The van der Waals surface area contributed by atoms with E-state index >= 15 is 0 Å². The van der Waals surface area contributed by atoms with E-state index in [0.29, 0.717) is 24.8 Å². The van der Waals surface area contributed by atoms with Gasteiger partial charge in [-0.2, -0.15) is 0 Å². The van der Waals surface area contributed by atoms with Crippen molar-refractivity contribution in [2.24, 2.45) is 10.9 Å². The molecule has 3 rings (SSSR count). The van der Waals surface area contributed by atoms with Crippen LogP contribution in [0, 0.1) is 10.1 Å². The zero-order valence-electron chi connectivity index (χ0n) is 16.1. The Bertz CT molecular complexity index is 986. The molecule has 0 spiro atoms. The molecule has 0 heterocycles. The molecular formula is C22H21N3O5. The Hall–Kier alpha value is -3.81. The van der Waals surface area contributed by atoms with Gasteiger partial charge >= 0.3 is 5.97 Å². The number of hydrogen-bond acceptors (Lipinski definition) is 6. The summed E-state index contributed by atoms with van der Waals surface area (Å²) in [7, 11) is 0. The summed E-state index contributed by atoms with van der Waals surface area (Å²) >= 11 is 0. The summed E-state index contributed by atoms with van der Waals surface area (Å²) in [5, 5.41) is 15.1. The number of nitrogens with zero attached hydrogens (tertiary/aromatic N) is 2. The number of nitro groups is 1. The predicted molar refractivity (Wildman–Crippen MR) is 110 cm³/mol. The first kappa shape index (κ1) is 20.9. The van der Waals surface area contributed by atoms with Crippen LogP contribution in [0.15, 0.2) is 77.5 Å². The molecule has 0 bridgehead atoms. The van der Waals surface area contributed by atoms with Gasteiger partial charge in [0, 0.05) is 16.9 Å². The molecule has 154 valence electrons. The molecule has 1 saturated carbocycles. The van der Waals surface area contributed by atoms with Gasteiger partial charge in [0.15, 0.2) is 5.71 Å². The zero-order chi connectivity index (χ0) is 21.5. The fraction of sp³-hybridized carbons (Fsp3) is 0.227. The predicted octanol–water partition coefficient (Wildman–Crippen LogP) is 3.22. The van der Waals surface area contributed by atoms with E-state index in [1.54, 1.807) is 18.2 Å². The number of carbonyl (C=O) groups excluding carboxylic acids is 2. The third-order valence-electron chi connectivity index (χ3n) is 5.04. The van der Waals surface area contributed by atoms with Gasteiger partial charge in [-0.25, -0.2) is 4.79 Å². The molecule has 2 atom stereocenters. The lowest BCUT2D eigenvalue weighted by Gasteiger charge is -2.27. The number of hydrogen-bond donors (Lipinski definition) is 1. The highest BCUT2D eigenvalue weighted by Gasteiger charge is 2.34. The highest BCUT2D eigenvalue weighted by Crippen LogP contribution is 2.37. The van der Waals surface area contributed by atoms with Crippen molar-refractivity contribution in [1.29, 1.82) is 0 Å². The highest BCUT2D eigenvalue weighted by atomic mass is 16.7. The molecule has 0 aliphatic heterocycles. The van der Waals surface area contributed by atoms with Crippen molar-refractivity contribution in [3.05, 3.63) is 93.6 Å². The Labute approximate surface area is 173 Å². The van der Waals surface area contributed by atoms with Gasteiger partial charge in [0.2, 0.25) is 6.04 Å². The van der Waals surface area contributed by atoms with Crippen LogP contribution in [0.1, 0.15) is 41.1 Å². The SMILES string of the molecule is NC(=O)C(C=C1CC(c2ccccc2)CCC1[N+](=O)[O-])=NOC(=O)c1ccccc1. The second-order valence-electron chi connectivity index (χ2n) is 7.00. The quantitative estimate of drug-likeness (QED) is 0.341. The van der Waals surface area contributed by atoms with Crippen LogP contribution in [-0.4, -0.2) is 28.6 Å². The first-order valence-corrected chi connectivity index (χ1v) is 9.48. The average molecular weight is 407 g/mol. The van der Waals surface area contributed by atoms with E-state index in [1.807, 2.05) is 30.3 Å². The van der Waals surface area contributed by atoms with E-state index in [0.717, 1.165) is 5.56 Å². The first-order valence-electron chi connectivity index (χ1n) is 9.48. The third-order valence-corrected chi connectivity index (χ3v) is 5.04. The summed E-state index contributed by atoms with van der Waals surface area (Å²) in [5.74, 6) is -1.62. The molecule has 2 aromatic rings. The molecule has 30 heavy (non-hydrogen) atoms. The monoisotopic (exact) mass is 407 g/mol. The summed E-state index contributed by atoms with van der Waals surface area (Å²) in [6.07, 6.45) is 2.64. The number of oxime groups is 1. The summed E-state index contributed by atoms with van der Waals surface area (Å²) in [4.78, 5) is 39.9. The zero-order valence-corrected chi connectivity index (χ0v) is 16.1. The summed E-state index contributed by atoms with van der Waals surface area (Å²) in [6, 6.07) is 16.9. The van der Waals surface area contributed by atoms with E-state index in [2.05, 4.69) is 5.16 Å². The first-order chi connectivity index (χ1) is 14.5. The second-order valence-corrected chi connectivity index (χ2v) is 7.00. The molecular weight excluding hydrogens is 386 g/mol. The molecule has 2 N–H and O–H groups in total. The highest BCUT2D eigenvalue weighted by molar-refractivity contribution is 6.42. The van der Waals surface area contributed by atoms with Gasteiger partial charge in [-0.15, -0.1) is 0 Å². The molecule has 0 radical (unpaired) electrons. The molecule has 1 fully saturated rings. The fourth-order valence-electron chi connectivity index (χ4n) is 3.51. The largest absolute Gasteiger partial charge is 0.365 e. The van der Waals surface area contributed by atoms with Crippen LogP contribution < -0.4 is 5.73 Å². The van der Waals surface area contributed by atoms with Crippen molar-refractivity contribution in [2.45, 2.75) is 31.2 Å². The van der Waals surface area contributed by atoms with Gasteiger partial charge in [-0.05, 0) is 42.5 Å². The van der Waals surface area contributed by atoms with Gasteiger partial charge < -0.3 is 10.6 Å². The molecule has 8 heteroatoms. The number of amides is 1. The lowest BCUT2D eigenvalue weighted by atomic mass is 9.78. The maximum Gasteiger partial charge on any atom is 0.365 e. The van der Waals surface area contributed by atoms with Crippen molar-refractivity contribution in [3.63, 3.8) is 0 Å². The van der Waals surface area contributed by atoms with Crippen molar-refractivity contribution in [1.82, 2.24) is 0 Å². The van der Waals surface area contributed by atoms with Crippen molar-refractivity contribution in [3.8, 4) is 0 Å². The Morgan fingerprint density at radius 3 is 2.30 bits per heavy atom. The van der Waals surface area contributed by atoms with Crippen LogP contribution in [0.3, 0.4) is 0 Å². The number of nitrogens with two attached hydrogens (primary N) is 1. The molecule has 8 nitrogen and oxygen atoms in total. The summed E-state index contributed by atoms with van der Waals surface area (Å²) < 4.78 is 0. The molecule has 0 saturated heterocycles. The van der Waals surface area contributed by atoms with Gasteiger partial charge in [0.25, 0.3) is 5.91 Å². The van der Waals surface area contributed by atoms with E-state index in [1.165, 1.54) is 18.2 Å². The molecule has 1 amide bonds. The lowest BCUT2D eigenvalue weighted by Crippen LogP contribution is -2.30. The van der Waals surface area contributed by atoms with E-state index < -0.39 is 17.9 Å². The Kier molecular flexibility index (Phi) is 6.69. The van der Waals surface area contributed by atoms with Crippen LogP contribution in [-0.2, 0) is 9.63 Å². The second kappa shape index (κ2) is 9.60. The maximum atomic E-state index is 12.1. The Balaban J connectivity index is 1.85. The smallest absolute Gasteiger partial charge is 0.364 e. The van der Waals surface area contributed by atoms with E-state index in [-0.39, 0.29) is 22.1 Å². The number of carbonyl (C=O) groups is 2. The normalized spacial score (nSPS) is 20.5. The van der Waals surface area contributed by atoms with Crippen molar-refractivity contribution < 1.29 is 19.3 Å².